The zero-order valence-corrected chi connectivity index (χ0v) is 9.34. The van der Waals surface area contributed by atoms with Gasteiger partial charge < -0.3 is 0 Å². The number of hydrogen-bond donors (Lipinski definition) is 0. The first-order chi connectivity index (χ1) is 6.77. The molecule has 0 aliphatic carbocycles. The van der Waals surface area contributed by atoms with E-state index < -0.39 is 0 Å². The molecule has 0 fully saturated rings. The molecule has 0 atom stereocenters. The molecule has 0 spiro atoms. The van der Waals surface area contributed by atoms with E-state index in [1.807, 2.05) is 0 Å². The van der Waals surface area contributed by atoms with Crippen molar-refractivity contribution >= 4 is 11.3 Å². The third-order valence-electron chi connectivity index (χ3n) is 2.38. The summed E-state index contributed by atoms with van der Waals surface area (Å²) in [5.41, 5.74) is 2.73. The van der Waals surface area contributed by atoms with Gasteiger partial charge in [0.1, 0.15) is 0 Å². The highest BCUT2D eigenvalue weighted by Gasteiger charge is 2.00. The Kier molecular flexibility index (Phi) is 2.69. The molecule has 1 heterocycles. The minimum absolute atomic E-state index is 0.618. The lowest BCUT2D eigenvalue weighted by Crippen LogP contribution is -1.85. The van der Waals surface area contributed by atoms with Gasteiger partial charge in [0.15, 0.2) is 0 Å². The van der Waals surface area contributed by atoms with Gasteiger partial charge in [0.25, 0.3) is 0 Å². The Balaban J connectivity index is 2.31. The SMILES string of the molecule is CC(C)c1ccc(-c2cccs2)cc1. The Hall–Kier alpha value is -1.08. The summed E-state index contributed by atoms with van der Waals surface area (Å²) in [5, 5.41) is 2.12. The van der Waals surface area contributed by atoms with Crippen molar-refractivity contribution in [3.63, 3.8) is 0 Å². The molecule has 1 heteroatoms. The van der Waals surface area contributed by atoms with E-state index in [9.17, 15) is 0 Å². The first-order valence-electron chi connectivity index (χ1n) is 4.91. The van der Waals surface area contributed by atoms with Gasteiger partial charge in [-0.25, -0.2) is 0 Å². The van der Waals surface area contributed by atoms with Crippen molar-refractivity contribution < 1.29 is 0 Å². The molecule has 0 saturated carbocycles. The van der Waals surface area contributed by atoms with Crippen LogP contribution in [0.25, 0.3) is 10.4 Å². The van der Waals surface area contributed by atoms with E-state index in [-0.39, 0.29) is 0 Å². The molecule has 0 aliphatic rings. The van der Waals surface area contributed by atoms with Crippen LogP contribution < -0.4 is 0 Å². The molecule has 2 rings (SSSR count). The van der Waals surface area contributed by atoms with Crippen molar-refractivity contribution in [2.75, 3.05) is 0 Å². The summed E-state index contributed by atoms with van der Waals surface area (Å²) in [6.45, 7) is 4.44. The van der Waals surface area contributed by atoms with E-state index in [2.05, 4.69) is 55.6 Å². The summed E-state index contributed by atoms with van der Waals surface area (Å²) >= 11 is 1.79. The van der Waals surface area contributed by atoms with Gasteiger partial charge in [0, 0.05) is 4.88 Å². The normalized spacial score (nSPS) is 10.8. The fourth-order valence-corrected chi connectivity index (χ4v) is 2.21. The average Bonchev–Trinajstić information content (AvgIpc) is 2.71. The first-order valence-corrected chi connectivity index (χ1v) is 5.79. The van der Waals surface area contributed by atoms with E-state index in [0.717, 1.165) is 0 Å². The maximum atomic E-state index is 2.22. The Morgan fingerprint density at radius 1 is 1.00 bits per heavy atom. The molecular formula is C13H14S. The Labute approximate surface area is 89.2 Å². The maximum absolute atomic E-state index is 2.22. The summed E-state index contributed by atoms with van der Waals surface area (Å²) in [4.78, 5) is 1.35. The maximum Gasteiger partial charge on any atom is 0.0342 e. The van der Waals surface area contributed by atoms with Crippen molar-refractivity contribution in [1.82, 2.24) is 0 Å². The molecular weight excluding hydrogens is 188 g/mol. The Morgan fingerprint density at radius 2 is 1.71 bits per heavy atom. The van der Waals surface area contributed by atoms with Gasteiger partial charge in [-0.15, -0.1) is 11.3 Å². The minimum Gasteiger partial charge on any atom is -0.144 e. The molecule has 0 saturated heterocycles. The summed E-state index contributed by atoms with van der Waals surface area (Å²) in [6.07, 6.45) is 0. The van der Waals surface area contributed by atoms with Crippen molar-refractivity contribution in [3.05, 3.63) is 47.3 Å². The largest absolute Gasteiger partial charge is 0.144 e. The second-order valence-electron chi connectivity index (χ2n) is 3.75. The van der Waals surface area contributed by atoms with Crippen LogP contribution in [0.3, 0.4) is 0 Å². The molecule has 1 aromatic heterocycles. The van der Waals surface area contributed by atoms with Gasteiger partial charge in [0.2, 0.25) is 0 Å². The number of benzene rings is 1. The lowest BCUT2D eigenvalue weighted by molar-refractivity contribution is 0.867. The van der Waals surface area contributed by atoms with Crippen LogP contribution in [0.2, 0.25) is 0 Å². The van der Waals surface area contributed by atoms with E-state index in [4.69, 9.17) is 0 Å². The van der Waals surface area contributed by atoms with Crippen LogP contribution in [0.4, 0.5) is 0 Å². The lowest BCUT2D eigenvalue weighted by Gasteiger charge is -2.05. The second kappa shape index (κ2) is 3.97. The molecule has 0 bridgehead atoms. The van der Waals surface area contributed by atoms with Crippen LogP contribution in [0.5, 0.6) is 0 Å². The number of hydrogen-bond acceptors (Lipinski definition) is 1. The van der Waals surface area contributed by atoms with Gasteiger partial charge in [-0.2, -0.15) is 0 Å². The molecule has 14 heavy (non-hydrogen) atoms. The zero-order valence-electron chi connectivity index (χ0n) is 8.53. The van der Waals surface area contributed by atoms with Crippen LogP contribution in [-0.4, -0.2) is 0 Å². The number of rotatable bonds is 2. The quantitative estimate of drug-likeness (QED) is 0.670. The molecule has 0 nitrogen and oxygen atoms in total. The topological polar surface area (TPSA) is 0 Å². The summed E-state index contributed by atoms with van der Waals surface area (Å²) in [7, 11) is 0. The van der Waals surface area contributed by atoms with E-state index in [1.165, 1.54) is 16.0 Å². The average molecular weight is 202 g/mol. The highest BCUT2D eigenvalue weighted by molar-refractivity contribution is 7.13. The lowest BCUT2D eigenvalue weighted by atomic mass is 10.0. The van der Waals surface area contributed by atoms with Crippen molar-refractivity contribution in [2.45, 2.75) is 19.8 Å². The van der Waals surface area contributed by atoms with Crippen LogP contribution >= 0.6 is 11.3 Å². The van der Waals surface area contributed by atoms with Crippen molar-refractivity contribution in [2.24, 2.45) is 0 Å². The third-order valence-corrected chi connectivity index (χ3v) is 3.30. The van der Waals surface area contributed by atoms with Gasteiger partial charge in [0.05, 0.1) is 0 Å². The molecule has 0 radical (unpaired) electrons. The van der Waals surface area contributed by atoms with Gasteiger partial charge >= 0.3 is 0 Å². The summed E-state index contributed by atoms with van der Waals surface area (Å²) < 4.78 is 0. The monoisotopic (exact) mass is 202 g/mol. The molecule has 72 valence electrons. The van der Waals surface area contributed by atoms with Crippen LogP contribution in [0.1, 0.15) is 25.3 Å². The van der Waals surface area contributed by atoms with Gasteiger partial charge in [-0.3, -0.25) is 0 Å². The predicted octanol–water partition coefficient (Wildman–Crippen LogP) is 4.54. The molecule has 0 aliphatic heterocycles. The zero-order chi connectivity index (χ0) is 9.97. The van der Waals surface area contributed by atoms with Crippen molar-refractivity contribution in [1.29, 1.82) is 0 Å². The Morgan fingerprint density at radius 3 is 2.21 bits per heavy atom. The first kappa shape index (κ1) is 9.47. The molecule has 1 aromatic carbocycles. The smallest absolute Gasteiger partial charge is 0.0342 e. The van der Waals surface area contributed by atoms with Crippen LogP contribution in [0, 0.1) is 0 Å². The Bertz CT molecular complexity index is 382. The fourth-order valence-electron chi connectivity index (χ4n) is 1.48. The number of thiophene rings is 1. The van der Waals surface area contributed by atoms with E-state index in [1.54, 1.807) is 11.3 Å². The fraction of sp³-hybridized carbons (Fsp3) is 0.231. The standard InChI is InChI=1S/C13H14S/c1-10(2)11-5-7-12(8-6-11)13-4-3-9-14-13/h3-10H,1-2H3. The summed E-state index contributed by atoms with van der Waals surface area (Å²) in [5.74, 6) is 0.618. The molecule has 0 unspecified atom stereocenters. The van der Waals surface area contributed by atoms with Gasteiger partial charge in [-0.05, 0) is 28.5 Å². The van der Waals surface area contributed by atoms with Crippen molar-refractivity contribution in [3.8, 4) is 10.4 Å². The van der Waals surface area contributed by atoms with E-state index in [0.29, 0.717) is 5.92 Å². The molecule has 0 amide bonds. The summed E-state index contributed by atoms with van der Waals surface area (Å²) in [6, 6.07) is 13.1. The third kappa shape index (κ3) is 1.88. The minimum atomic E-state index is 0.618. The van der Waals surface area contributed by atoms with Gasteiger partial charge in [-0.1, -0.05) is 44.2 Å². The van der Waals surface area contributed by atoms with Crippen LogP contribution in [0.15, 0.2) is 41.8 Å². The second-order valence-corrected chi connectivity index (χ2v) is 4.70. The van der Waals surface area contributed by atoms with Crippen LogP contribution in [-0.2, 0) is 0 Å². The molecule has 2 aromatic rings. The highest BCUT2D eigenvalue weighted by atomic mass is 32.1. The van der Waals surface area contributed by atoms with E-state index >= 15 is 0 Å². The predicted molar refractivity (Wildman–Crippen MR) is 63.8 cm³/mol. The highest BCUT2D eigenvalue weighted by Crippen LogP contribution is 2.26. The molecule has 0 N–H and O–H groups in total.